The second-order valence-electron chi connectivity index (χ2n) is 3.86. The minimum atomic E-state index is -0.343. The molecule has 1 amide bonds. The van der Waals surface area contributed by atoms with Crippen molar-refractivity contribution in [2.24, 2.45) is 0 Å². The van der Waals surface area contributed by atoms with E-state index in [1.165, 1.54) is 6.33 Å². The summed E-state index contributed by atoms with van der Waals surface area (Å²) in [5.74, 6) is 0.608. The molecule has 17 heavy (non-hydrogen) atoms. The number of rotatable bonds is 4. The Morgan fingerprint density at radius 1 is 1.59 bits per heavy atom. The summed E-state index contributed by atoms with van der Waals surface area (Å²) in [4.78, 5) is 21.4. The van der Waals surface area contributed by atoms with Gasteiger partial charge in [0.1, 0.15) is 23.3 Å². The number of hydrogen-bond acceptors (Lipinski definition) is 4. The van der Waals surface area contributed by atoms with E-state index in [2.05, 4.69) is 15.3 Å². The lowest BCUT2D eigenvalue weighted by Crippen LogP contribution is -2.39. The molecule has 1 aromatic heterocycles. The fourth-order valence-electron chi connectivity index (χ4n) is 1.33. The molecule has 0 spiro atoms. The quantitative estimate of drug-likeness (QED) is 0.834. The minimum absolute atomic E-state index is 0.0154. The summed E-state index contributed by atoms with van der Waals surface area (Å²) in [5, 5.41) is 3.43. The van der Waals surface area contributed by atoms with Gasteiger partial charge in [-0.1, -0.05) is 11.6 Å². The number of hydrogen-bond donors (Lipinski definition) is 1. The van der Waals surface area contributed by atoms with Crippen molar-refractivity contribution in [1.29, 1.82) is 0 Å². The van der Waals surface area contributed by atoms with Crippen LogP contribution in [0.2, 0.25) is 5.15 Å². The van der Waals surface area contributed by atoms with Gasteiger partial charge in [-0.05, 0) is 20.8 Å². The van der Waals surface area contributed by atoms with Crippen LogP contribution in [0.4, 0.5) is 5.82 Å². The van der Waals surface area contributed by atoms with Crippen molar-refractivity contribution < 1.29 is 4.79 Å². The smallest absolute Gasteiger partial charge is 0.244 e. The van der Waals surface area contributed by atoms with E-state index >= 15 is 0 Å². The number of halogens is 1. The number of anilines is 1. The first-order chi connectivity index (χ1) is 7.97. The topological polar surface area (TPSA) is 58.1 Å². The van der Waals surface area contributed by atoms with Crippen molar-refractivity contribution >= 4 is 23.3 Å². The zero-order valence-corrected chi connectivity index (χ0v) is 11.2. The Morgan fingerprint density at radius 3 is 2.82 bits per heavy atom. The molecule has 0 aliphatic rings. The molecule has 0 saturated heterocycles. The fourth-order valence-corrected chi connectivity index (χ4v) is 1.46. The number of likely N-dealkylation sites (N-methyl/N-ethyl adjacent to an activating group) is 1. The van der Waals surface area contributed by atoms with Crippen LogP contribution in [0.15, 0.2) is 6.33 Å². The Kier molecular flexibility index (Phi) is 4.69. The standard InChI is InChI=1S/C11H17ClN4O/c1-5-16(4)11(17)8(3)15-10-7(2)9(12)13-6-14-10/h6,8H,5H2,1-4H3,(H,13,14,15). The second-order valence-corrected chi connectivity index (χ2v) is 4.21. The molecule has 1 unspecified atom stereocenters. The van der Waals surface area contributed by atoms with Crippen molar-refractivity contribution in [2.75, 3.05) is 18.9 Å². The average molecular weight is 257 g/mol. The number of carbonyl (C=O) groups excluding carboxylic acids is 1. The van der Waals surface area contributed by atoms with Gasteiger partial charge < -0.3 is 10.2 Å². The predicted molar refractivity (Wildman–Crippen MR) is 68.2 cm³/mol. The number of carbonyl (C=O) groups is 1. The Morgan fingerprint density at radius 2 is 2.24 bits per heavy atom. The van der Waals surface area contributed by atoms with Gasteiger partial charge in [-0.3, -0.25) is 4.79 Å². The van der Waals surface area contributed by atoms with Gasteiger partial charge >= 0.3 is 0 Å². The van der Waals surface area contributed by atoms with Gasteiger partial charge in [0, 0.05) is 19.2 Å². The molecule has 0 aliphatic heterocycles. The Balaban J connectivity index is 2.78. The third-order valence-corrected chi connectivity index (χ3v) is 2.98. The van der Waals surface area contributed by atoms with Gasteiger partial charge in [0.25, 0.3) is 0 Å². The second kappa shape index (κ2) is 5.82. The maximum absolute atomic E-state index is 11.9. The highest BCUT2D eigenvalue weighted by atomic mass is 35.5. The normalized spacial score (nSPS) is 12.1. The van der Waals surface area contributed by atoms with Gasteiger partial charge in [-0.15, -0.1) is 0 Å². The van der Waals surface area contributed by atoms with Crippen molar-refractivity contribution in [3.63, 3.8) is 0 Å². The van der Waals surface area contributed by atoms with Crippen LogP contribution in [0.25, 0.3) is 0 Å². The molecule has 1 N–H and O–H groups in total. The van der Waals surface area contributed by atoms with Gasteiger partial charge in [-0.25, -0.2) is 9.97 Å². The molecule has 1 atom stereocenters. The van der Waals surface area contributed by atoms with E-state index in [0.29, 0.717) is 17.5 Å². The third kappa shape index (κ3) is 3.30. The monoisotopic (exact) mass is 256 g/mol. The van der Waals surface area contributed by atoms with Crippen LogP contribution < -0.4 is 5.32 Å². The van der Waals surface area contributed by atoms with Gasteiger partial charge in [0.15, 0.2) is 0 Å². The highest BCUT2D eigenvalue weighted by Crippen LogP contribution is 2.18. The van der Waals surface area contributed by atoms with Crippen LogP contribution in [-0.4, -0.2) is 40.4 Å². The molecule has 0 aliphatic carbocycles. The summed E-state index contributed by atoms with van der Waals surface area (Å²) >= 11 is 5.88. The summed E-state index contributed by atoms with van der Waals surface area (Å²) in [6, 6.07) is -0.343. The summed E-state index contributed by atoms with van der Waals surface area (Å²) in [6.45, 7) is 6.21. The maximum Gasteiger partial charge on any atom is 0.244 e. The van der Waals surface area contributed by atoms with Gasteiger partial charge in [0.2, 0.25) is 5.91 Å². The summed E-state index contributed by atoms with van der Waals surface area (Å²) in [5.41, 5.74) is 0.743. The zero-order valence-electron chi connectivity index (χ0n) is 10.5. The molecule has 0 aromatic carbocycles. The van der Waals surface area contributed by atoms with Crippen LogP contribution in [0.5, 0.6) is 0 Å². The summed E-state index contributed by atoms with van der Waals surface area (Å²) in [7, 11) is 1.76. The maximum atomic E-state index is 11.9. The summed E-state index contributed by atoms with van der Waals surface area (Å²) in [6.07, 6.45) is 1.37. The highest BCUT2D eigenvalue weighted by molar-refractivity contribution is 6.30. The van der Waals surface area contributed by atoms with E-state index < -0.39 is 0 Å². The van der Waals surface area contributed by atoms with E-state index in [1.807, 2.05) is 13.8 Å². The molecule has 5 nitrogen and oxygen atoms in total. The SMILES string of the molecule is CCN(C)C(=O)C(C)Nc1ncnc(Cl)c1C. The van der Waals surface area contributed by atoms with Crippen molar-refractivity contribution in [3.8, 4) is 0 Å². The number of nitrogens with one attached hydrogen (secondary N) is 1. The number of amides is 1. The molecule has 94 valence electrons. The molecular formula is C11H17ClN4O. The van der Waals surface area contributed by atoms with E-state index in [1.54, 1.807) is 18.9 Å². The largest absolute Gasteiger partial charge is 0.358 e. The van der Waals surface area contributed by atoms with Crippen molar-refractivity contribution in [3.05, 3.63) is 17.0 Å². The van der Waals surface area contributed by atoms with Gasteiger partial charge in [-0.2, -0.15) is 0 Å². The van der Waals surface area contributed by atoms with Crippen molar-refractivity contribution in [1.82, 2.24) is 14.9 Å². The lowest BCUT2D eigenvalue weighted by molar-refractivity contribution is -0.130. The first-order valence-corrected chi connectivity index (χ1v) is 5.83. The number of aromatic nitrogens is 2. The molecule has 1 heterocycles. The lowest BCUT2D eigenvalue weighted by Gasteiger charge is -2.21. The molecule has 0 fully saturated rings. The van der Waals surface area contributed by atoms with E-state index in [9.17, 15) is 4.79 Å². The van der Waals surface area contributed by atoms with E-state index in [0.717, 1.165) is 5.56 Å². The molecule has 0 radical (unpaired) electrons. The molecular weight excluding hydrogens is 240 g/mol. The van der Waals surface area contributed by atoms with E-state index in [-0.39, 0.29) is 11.9 Å². The van der Waals surface area contributed by atoms with Crippen LogP contribution >= 0.6 is 11.6 Å². The first kappa shape index (κ1) is 13.7. The first-order valence-electron chi connectivity index (χ1n) is 5.46. The fraction of sp³-hybridized carbons (Fsp3) is 0.545. The Labute approximate surface area is 106 Å². The summed E-state index contributed by atoms with van der Waals surface area (Å²) < 4.78 is 0. The van der Waals surface area contributed by atoms with Crippen LogP contribution in [0.3, 0.4) is 0 Å². The average Bonchev–Trinajstić information content (AvgIpc) is 2.32. The minimum Gasteiger partial charge on any atom is -0.358 e. The van der Waals surface area contributed by atoms with Crippen LogP contribution in [0.1, 0.15) is 19.4 Å². The molecule has 1 aromatic rings. The lowest BCUT2D eigenvalue weighted by atomic mass is 10.2. The highest BCUT2D eigenvalue weighted by Gasteiger charge is 2.17. The molecule has 0 bridgehead atoms. The Hall–Kier alpha value is -1.36. The number of nitrogens with zero attached hydrogens (tertiary/aromatic N) is 3. The van der Waals surface area contributed by atoms with E-state index in [4.69, 9.17) is 11.6 Å². The molecule has 6 heteroatoms. The molecule has 1 rings (SSSR count). The zero-order chi connectivity index (χ0) is 13.0. The van der Waals surface area contributed by atoms with Gasteiger partial charge in [0.05, 0.1) is 0 Å². The Bertz CT molecular complexity index is 410. The van der Waals surface area contributed by atoms with Crippen LogP contribution in [-0.2, 0) is 4.79 Å². The molecule has 0 saturated carbocycles. The predicted octanol–water partition coefficient (Wildman–Crippen LogP) is 1.72. The van der Waals surface area contributed by atoms with Crippen molar-refractivity contribution in [2.45, 2.75) is 26.8 Å². The van der Waals surface area contributed by atoms with Crippen LogP contribution in [0, 0.1) is 6.92 Å². The third-order valence-electron chi connectivity index (χ3n) is 2.60.